The van der Waals surface area contributed by atoms with Gasteiger partial charge >= 0.3 is 0 Å². The average Bonchev–Trinajstić information content (AvgIpc) is 2.87. The maximum Gasteiger partial charge on any atom is 0.261 e. The Labute approximate surface area is 168 Å². The van der Waals surface area contributed by atoms with Gasteiger partial charge in [-0.05, 0) is 43.9 Å². The van der Waals surface area contributed by atoms with E-state index in [1.807, 2.05) is 0 Å². The third kappa shape index (κ3) is 5.88. The number of rotatable bonds is 4. The summed E-state index contributed by atoms with van der Waals surface area (Å²) in [5, 5.41) is 0. The molecule has 2 aromatic carbocycles. The summed E-state index contributed by atoms with van der Waals surface area (Å²) in [6.07, 6.45) is 6.14. The molecule has 2 aliphatic rings. The first-order valence-electron chi connectivity index (χ1n) is 9.71. The van der Waals surface area contributed by atoms with Crippen molar-refractivity contribution in [3.8, 4) is 0 Å². The van der Waals surface area contributed by atoms with Gasteiger partial charge in [-0.15, -0.1) is 0 Å². The fourth-order valence-electron chi connectivity index (χ4n) is 4.27. The Morgan fingerprint density at radius 1 is 0.929 bits per heavy atom. The number of piperidine rings is 1. The molecule has 5 nitrogen and oxygen atoms in total. The number of nitrogens with zero attached hydrogens (tertiary/aromatic N) is 1. The van der Waals surface area contributed by atoms with Crippen LogP contribution < -0.4 is 0 Å². The molecule has 2 heterocycles. The van der Waals surface area contributed by atoms with E-state index in [9.17, 15) is 8.42 Å². The van der Waals surface area contributed by atoms with Gasteiger partial charge in [-0.3, -0.25) is 4.55 Å². The van der Waals surface area contributed by atoms with Crippen LogP contribution in [0.4, 0.5) is 0 Å². The molecule has 28 heavy (non-hydrogen) atoms. The number of hydrogen-bond donors (Lipinski definition) is 1. The van der Waals surface area contributed by atoms with Crippen molar-refractivity contribution in [2.24, 2.45) is 0 Å². The molecule has 2 fully saturated rings. The first-order chi connectivity index (χ1) is 13.3. The Morgan fingerprint density at radius 3 is 1.71 bits per heavy atom. The van der Waals surface area contributed by atoms with Gasteiger partial charge in [0, 0.05) is 12.1 Å². The van der Waals surface area contributed by atoms with Crippen molar-refractivity contribution in [3.05, 3.63) is 71.8 Å². The Balaban J connectivity index is 0.000000403. The summed E-state index contributed by atoms with van der Waals surface area (Å²) in [6.45, 7) is 0. The van der Waals surface area contributed by atoms with E-state index in [-0.39, 0.29) is 6.10 Å². The summed E-state index contributed by atoms with van der Waals surface area (Å²) >= 11 is 0. The number of fused-ring (bicyclic) bond motifs is 2. The third-order valence-electron chi connectivity index (χ3n) is 5.59. The quantitative estimate of drug-likeness (QED) is 0.784. The van der Waals surface area contributed by atoms with Gasteiger partial charge in [0.1, 0.15) is 6.10 Å². The van der Waals surface area contributed by atoms with E-state index in [1.165, 1.54) is 36.8 Å². The summed E-state index contributed by atoms with van der Waals surface area (Å²) in [5.41, 5.74) is 2.51. The van der Waals surface area contributed by atoms with Crippen LogP contribution in [0.3, 0.4) is 0 Å². The predicted molar refractivity (Wildman–Crippen MR) is 111 cm³/mol. The Morgan fingerprint density at radius 2 is 1.32 bits per heavy atom. The highest BCUT2D eigenvalue weighted by molar-refractivity contribution is 7.85. The second-order valence-electron chi connectivity index (χ2n) is 7.71. The molecule has 2 aliphatic heterocycles. The van der Waals surface area contributed by atoms with Crippen LogP contribution in [0.5, 0.6) is 0 Å². The van der Waals surface area contributed by atoms with E-state index in [0.717, 1.165) is 0 Å². The maximum absolute atomic E-state index is 9.19. The van der Waals surface area contributed by atoms with Gasteiger partial charge in [0.05, 0.1) is 12.4 Å². The van der Waals surface area contributed by atoms with Crippen molar-refractivity contribution in [1.29, 1.82) is 0 Å². The van der Waals surface area contributed by atoms with E-state index in [0.29, 0.717) is 24.4 Å². The summed E-state index contributed by atoms with van der Waals surface area (Å²) in [4.78, 5) is 2.57. The van der Waals surface area contributed by atoms with E-state index in [1.54, 1.807) is 0 Å². The summed E-state index contributed by atoms with van der Waals surface area (Å²) < 4.78 is 32.5. The van der Waals surface area contributed by atoms with Crippen LogP contribution in [-0.2, 0) is 14.9 Å². The van der Waals surface area contributed by atoms with E-state index >= 15 is 0 Å². The topological polar surface area (TPSA) is 66.8 Å². The Hall–Kier alpha value is -1.73. The first-order valence-corrected chi connectivity index (χ1v) is 11.6. The molecule has 0 radical (unpaired) electrons. The Kier molecular flexibility index (Phi) is 6.88. The molecule has 2 atom stereocenters. The van der Waals surface area contributed by atoms with Crippen molar-refractivity contribution in [2.75, 3.05) is 13.3 Å². The largest absolute Gasteiger partial charge is 0.365 e. The molecule has 2 saturated heterocycles. The molecule has 4 rings (SSSR count). The van der Waals surface area contributed by atoms with Crippen LogP contribution >= 0.6 is 0 Å². The first kappa shape index (κ1) is 21.0. The molecule has 2 bridgehead atoms. The van der Waals surface area contributed by atoms with Crippen LogP contribution in [0.1, 0.15) is 42.9 Å². The second-order valence-corrected chi connectivity index (χ2v) is 9.18. The fourth-order valence-corrected chi connectivity index (χ4v) is 4.27. The Bertz CT molecular complexity index is 780. The molecule has 1 N–H and O–H groups in total. The third-order valence-corrected chi connectivity index (χ3v) is 5.59. The van der Waals surface area contributed by atoms with Crippen molar-refractivity contribution >= 4 is 10.1 Å². The smallest absolute Gasteiger partial charge is 0.261 e. The van der Waals surface area contributed by atoms with E-state index in [2.05, 4.69) is 72.6 Å². The maximum atomic E-state index is 9.19. The monoisotopic (exact) mass is 403 g/mol. The molecule has 0 spiro atoms. The zero-order chi connectivity index (χ0) is 20.1. The van der Waals surface area contributed by atoms with Gasteiger partial charge in [-0.2, -0.15) is 8.42 Å². The lowest BCUT2D eigenvalue weighted by Gasteiger charge is -2.38. The number of benzene rings is 2. The standard InChI is InChI=1S/C21H25NO.CH4O3S/c1-22-18-12-13-19(22)15-20(14-18)23-21(16-8-4-2-5-9-16)17-10-6-3-7-11-17;1-5(2,3)4/h2-11,18-21H,12-15H2,1H3;1H3,(H,2,3,4)/t18-,19-;/m1./s1. The van der Waals surface area contributed by atoms with Crippen LogP contribution in [0.2, 0.25) is 0 Å². The molecule has 0 amide bonds. The molecule has 0 saturated carbocycles. The van der Waals surface area contributed by atoms with Crippen molar-refractivity contribution < 1.29 is 17.7 Å². The number of hydrogen-bond acceptors (Lipinski definition) is 4. The van der Waals surface area contributed by atoms with Crippen LogP contribution in [-0.4, -0.2) is 49.4 Å². The summed E-state index contributed by atoms with van der Waals surface area (Å²) in [5.74, 6) is 0. The molecular formula is C22H29NO4S. The summed E-state index contributed by atoms with van der Waals surface area (Å²) in [6, 6.07) is 22.7. The SMILES string of the molecule is CN1[C@@H]2CC[C@@H]1CC(OC(c1ccccc1)c1ccccc1)C2.CS(=O)(=O)O. The van der Waals surface area contributed by atoms with Gasteiger partial charge < -0.3 is 9.64 Å². The molecular weight excluding hydrogens is 374 g/mol. The van der Waals surface area contributed by atoms with Crippen LogP contribution in [0.15, 0.2) is 60.7 Å². The minimum Gasteiger partial charge on any atom is -0.365 e. The zero-order valence-corrected chi connectivity index (χ0v) is 17.3. The zero-order valence-electron chi connectivity index (χ0n) is 16.4. The minimum atomic E-state index is -3.67. The van der Waals surface area contributed by atoms with Crippen molar-refractivity contribution in [1.82, 2.24) is 4.90 Å². The highest BCUT2D eigenvalue weighted by Crippen LogP contribution is 2.38. The normalized spacial score (nSPS) is 24.6. The highest BCUT2D eigenvalue weighted by Gasteiger charge is 2.39. The van der Waals surface area contributed by atoms with Crippen LogP contribution in [0.25, 0.3) is 0 Å². The molecule has 0 unspecified atom stereocenters. The molecule has 0 aliphatic carbocycles. The predicted octanol–water partition coefficient (Wildman–Crippen LogP) is 3.92. The van der Waals surface area contributed by atoms with Gasteiger partial charge in [0.2, 0.25) is 0 Å². The van der Waals surface area contributed by atoms with Gasteiger partial charge in [-0.1, -0.05) is 60.7 Å². The van der Waals surface area contributed by atoms with Crippen molar-refractivity contribution in [2.45, 2.75) is 50.0 Å². The van der Waals surface area contributed by atoms with E-state index < -0.39 is 10.1 Å². The average molecular weight is 404 g/mol. The lowest BCUT2D eigenvalue weighted by molar-refractivity contribution is -0.0426. The molecule has 2 aromatic rings. The fraction of sp³-hybridized carbons (Fsp3) is 0.455. The molecule has 6 heteroatoms. The van der Waals surface area contributed by atoms with Crippen LogP contribution in [0, 0.1) is 0 Å². The highest BCUT2D eigenvalue weighted by atomic mass is 32.2. The van der Waals surface area contributed by atoms with Crippen molar-refractivity contribution in [3.63, 3.8) is 0 Å². The van der Waals surface area contributed by atoms with E-state index in [4.69, 9.17) is 9.29 Å². The van der Waals surface area contributed by atoms with Gasteiger partial charge in [-0.25, -0.2) is 0 Å². The van der Waals surface area contributed by atoms with Gasteiger partial charge in [0.25, 0.3) is 10.1 Å². The lowest BCUT2D eigenvalue weighted by atomic mass is 9.97. The molecule has 152 valence electrons. The molecule has 0 aromatic heterocycles. The minimum absolute atomic E-state index is 0.0465. The number of ether oxygens (including phenoxy) is 1. The lowest BCUT2D eigenvalue weighted by Crippen LogP contribution is -2.43. The second kappa shape index (κ2) is 9.18. The van der Waals surface area contributed by atoms with Gasteiger partial charge in [0.15, 0.2) is 0 Å². The summed E-state index contributed by atoms with van der Waals surface area (Å²) in [7, 11) is -1.38.